The maximum Gasteiger partial charge on any atom is 1.00 e. The van der Waals surface area contributed by atoms with Gasteiger partial charge in [0.1, 0.15) is 0 Å². The maximum absolute atomic E-state index is 10.2. The fourth-order valence-corrected chi connectivity index (χ4v) is 2.95. The van der Waals surface area contributed by atoms with Crippen molar-refractivity contribution in [3.05, 3.63) is 35.9 Å². The van der Waals surface area contributed by atoms with Crippen LogP contribution in [0.2, 0.25) is 0 Å². The van der Waals surface area contributed by atoms with E-state index >= 15 is 0 Å². The average Bonchev–Trinajstić information content (AvgIpc) is 2.59. The SMILES string of the molecule is CCCCCCCCCc1[c-]cccc1.O=C(O)CC(C(=O)O)S(=O)(=O)O.[Na+]. The second kappa shape index (κ2) is 17.0. The van der Waals surface area contributed by atoms with E-state index in [2.05, 4.69) is 25.1 Å². The van der Waals surface area contributed by atoms with Crippen LogP contribution in [0.15, 0.2) is 24.3 Å². The number of hydrogen-bond acceptors (Lipinski definition) is 4. The first kappa shape index (κ1) is 29.3. The van der Waals surface area contributed by atoms with Gasteiger partial charge in [0, 0.05) is 0 Å². The summed E-state index contributed by atoms with van der Waals surface area (Å²) in [6.07, 6.45) is 9.76. The standard InChI is InChI=1S/C15H23.C4H6O7S.Na/c1-2-3-4-5-6-7-9-12-15-13-10-8-11-14-15;5-3(6)1-2(4(7)8)12(9,10)11;/h8,10-11,13H,2-7,9,12H2,1H3;2H,1H2,(H,5,6)(H,7,8)(H,9,10,11);/q-1;;+1. The Morgan fingerprint density at radius 2 is 1.61 bits per heavy atom. The van der Waals surface area contributed by atoms with Crippen molar-refractivity contribution >= 4 is 22.1 Å². The van der Waals surface area contributed by atoms with Gasteiger partial charge in [0.15, 0.2) is 5.25 Å². The fraction of sp³-hybridized carbons (Fsp3) is 0.579. The van der Waals surface area contributed by atoms with Crippen molar-refractivity contribution in [3.63, 3.8) is 0 Å². The molecule has 9 heteroatoms. The van der Waals surface area contributed by atoms with Crippen LogP contribution < -0.4 is 29.6 Å². The number of aliphatic carboxylic acids is 2. The van der Waals surface area contributed by atoms with Gasteiger partial charge in [-0.15, -0.1) is 0 Å². The summed E-state index contributed by atoms with van der Waals surface area (Å²) in [6.45, 7) is 2.27. The molecule has 7 nitrogen and oxygen atoms in total. The largest absolute Gasteiger partial charge is 1.00 e. The molecule has 0 aliphatic carbocycles. The molecule has 154 valence electrons. The molecule has 0 fully saturated rings. The first-order chi connectivity index (χ1) is 12.7. The number of aryl methyl sites for hydroxylation is 1. The van der Waals surface area contributed by atoms with Crippen molar-refractivity contribution in [3.8, 4) is 0 Å². The molecule has 0 saturated carbocycles. The molecule has 1 rings (SSSR count). The van der Waals surface area contributed by atoms with E-state index in [9.17, 15) is 18.0 Å². The molecule has 1 aromatic rings. The minimum Gasteiger partial charge on any atom is -0.481 e. The molecule has 0 saturated heterocycles. The molecular formula is C19H29NaO7S. The second-order valence-electron chi connectivity index (χ2n) is 6.20. The van der Waals surface area contributed by atoms with Crippen LogP contribution >= 0.6 is 0 Å². The summed E-state index contributed by atoms with van der Waals surface area (Å²) < 4.78 is 28.7. The number of unbranched alkanes of at least 4 members (excludes halogenated alkanes) is 6. The molecule has 0 bridgehead atoms. The van der Waals surface area contributed by atoms with Gasteiger partial charge in [-0.05, 0) is 0 Å². The Kier molecular flexibility index (Phi) is 17.7. The van der Waals surface area contributed by atoms with Crippen LogP contribution in [0.3, 0.4) is 0 Å². The molecule has 0 amide bonds. The van der Waals surface area contributed by atoms with Crippen LogP contribution in [-0.4, -0.2) is 40.4 Å². The van der Waals surface area contributed by atoms with Gasteiger partial charge < -0.3 is 10.2 Å². The predicted molar refractivity (Wildman–Crippen MR) is 102 cm³/mol. The van der Waals surface area contributed by atoms with Crippen molar-refractivity contribution in [1.29, 1.82) is 0 Å². The van der Waals surface area contributed by atoms with Gasteiger partial charge in [-0.3, -0.25) is 14.1 Å². The number of rotatable bonds is 12. The molecule has 28 heavy (non-hydrogen) atoms. The van der Waals surface area contributed by atoms with Crippen LogP contribution in [0.5, 0.6) is 0 Å². The summed E-state index contributed by atoms with van der Waals surface area (Å²) in [6, 6.07) is 11.6. The van der Waals surface area contributed by atoms with Crippen molar-refractivity contribution in [1.82, 2.24) is 0 Å². The first-order valence-corrected chi connectivity index (χ1v) is 10.5. The smallest absolute Gasteiger partial charge is 0.481 e. The summed E-state index contributed by atoms with van der Waals surface area (Å²) in [5.41, 5.74) is 1.37. The average molecular weight is 424 g/mol. The van der Waals surface area contributed by atoms with Gasteiger partial charge in [0.2, 0.25) is 0 Å². The third kappa shape index (κ3) is 16.1. The summed E-state index contributed by atoms with van der Waals surface area (Å²) in [7, 11) is -4.84. The van der Waals surface area contributed by atoms with Gasteiger partial charge in [-0.2, -0.15) is 44.3 Å². The number of carboxylic acid groups (broad SMARTS) is 2. The topological polar surface area (TPSA) is 129 Å². The molecule has 1 unspecified atom stereocenters. The van der Waals surface area contributed by atoms with Gasteiger partial charge in [-0.1, -0.05) is 58.3 Å². The van der Waals surface area contributed by atoms with Crippen LogP contribution in [0, 0.1) is 6.07 Å². The normalized spacial score (nSPS) is 11.5. The van der Waals surface area contributed by atoms with Crippen LogP contribution in [0.25, 0.3) is 0 Å². The molecule has 0 spiro atoms. The van der Waals surface area contributed by atoms with E-state index in [1.807, 2.05) is 12.1 Å². The third-order valence-corrected chi connectivity index (χ3v) is 4.91. The van der Waals surface area contributed by atoms with E-state index in [1.165, 1.54) is 56.9 Å². The van der Waals surface area contributed by atoms with Crippen molar-refractivity contribution in [2.75, 3.05) is 0 Å². The van der Waals surface area contributed by atoms with E-state index in [0.29, 0.717) is 0 Å². The summed E-state index contributed by atoms with van der Waals surface area (Å²) in [5.74, 6) is -3.50. The summed E-state index contributed by atoms with van der Waals surface area (Å²) in [5, 5.41) is 13.9. The van der Waals surface area contributed by atoms with Crippen molar-refractivity contribution in [2.45, 2.75) is 70.0 Å². The predicted octanol–water partition coefficient (Wildman–Crippen LogP) is 0.586. The number of benzene rings is 1. The summed E-state index contributed by atoms with van der Waals surface area (Å²) >= 11 is 0. The van der Waals surface area contributed by atoms with Gasteiger partial charge in [0.05, 0.1) is 6.42 Å². The second-order valence-corrected chi connectivity index (χ2v) is 7.80. The van der Waals surface area contributed by atoms with Gasteiger partial charge >= 0.3 is 41.5 Å². The number of carboxylic acids is 2. The Morgan fingerprint density at radius 3 is 2.00 bits per heavy atom. The molecule has 0 heterocycles. The Balaban J connectivity index is 0. The van der Waals surface area contributed by atoms with E-state index in [0.717, 1.165) is 0 Å². The molecule has 0 aromatic heterocycles. The van der Waals surface area contributed by atoms with Crippen molar-refractivity contribution < 1.29 is 62.3 Å². The van der Waals surface area contributed by atoms with Crippen LogP contribution in [0.1, 0.15) is 63.9 Å². The minimum atomic E-state index is -4.84. The van der Waals surface area contributed by atoms with Crippen LogP contribution in [-0.2, 0) is 26.1 Å². The first-order valence-electron chi connectivity index (χ1n) is 9.05. The van der Waals surface area contributed by atoms with Crippen LogP contribution in [0.4, 0.5) is 0 Å². The molecule has 3 N–H and O–H groups in total. The zero-order chi connectivity index (χ0) is 20.7. The quantitative estimate of drug-likeness (QED) is 0.194. The zero-order valence-electron chi connectivity index (χ0n) is 16.6. The Labute approximate surface area is 189 Å². The van der Waals surface area contributed by atoms with E-state index < -0.39 is 33.7 Å². The Hall–Kier alpha value is -0.930. The third-order valence-electron chi connectivity index (χ3n) is 3.82. The summed E-state index contributed by atoms with van der Waals surface area (Å²) in [4.78, 5) is 20.0. The minimum absolute atomic E-state index is 0. The number of hydrogen-bond donors (Lipinski definition) is 3. The van der Waals surface area contributed by atoms with Gasteiger partial charge in [0.25, 0.3) is 10.1 Å². The molecule has 0 aliphatic heterocycles. The van der Waals surface area contributed by atoms with E-state index in [1.54, 1.807) is 0 Å². The van der Waals surface area contributed by atoms with E-state index in [4.69, 9.17) is 14.8 Å². The number of carbonyl (C=O) groups is 2. The zero-order valence-corrected chi connectivity index (χ0v) is 19.5. The molecule has 1 aromatic carbocycles. The molecule has 1 atom stereocenters. The monoisotopic (exact) mass is 424 g/mol. The molecule has 0 aliphatic rings. The molecule has 0 radical (unpaired) electrons. The molecular weight excluding hydrogens is 395 g/mol. The van der Waals surface area contributed by atoms with Gasteiger partial charge in [-0.25, -0.2) is 0 Å². The van der Waals surface area contributed by atoms with Crippen molar-refractivity contribution in [2.24, 2.45) is 0 Å². The fourth-order valence-electron chi connectivity index (χ4n) is 2.34. The Morgan fingerprint density at radius 1 is 1.04 bits per heavy atom. The maximum atomic E-state index is 10.2. The Bertz CT molecular complexity index is 648. The van der Waals surface area contributed by atoms with E-state index in [-0.39, 0.29) is 29.6 Å².